The number of aromatic amines is 1. The second-order valence-corrected chi connectivity index (χ2v) is 8.58. The second-order valence-electron chi connectivity index (χ2n) is 8.58. The van der Waals surface area contributed by atoms with Gasteiger partial charge in [0.1, 0.15) is 5.75 Å². The number of hydrogen-bond donors (Lipinski definition) is 1. The van der Waals surface area contributed by atoms with Crippen LogP contribution >= 0.6 is 12.4 Å². The summed E-state index contributed by atoms with van der Waals surface area (Å²) in [5.74, 6) is 1.95. The van der Waals surface area contributed by atoms with E-state index < -0.39 is 0 Å². The van der Waals surface area contributed by atoms with Crippen LogP contribution in [0.4, 0.5) is 5.82 Å². The molecule has 1 aliphatic heterocycles. The van der Waals surface area contributed by atoms with Crippen LogP contribution in [-0.2, 0) is 12.8 Å². The van der Waals surface area contributed by atoms with Crippen LogP contribution in [0.15, 0.2) is 54.7 Å². The Bertz CT molecular complexity index is 1250. The summed E-state index contributed by atoms with van der Waals surface area (Å²) in [7, 11) is 1.70. The van der Waals surface area contributed by atoms with Gasteiger partial charge in [0, 0.05) is 23.8 Å². The van der Waals surface area contributed by atoms with E-state index in [1.54, 1.807) is 7.11 Å². The number of aryl methyl sites for hydroxylation is 2. The molecular weight excluding hydrogens is 418 g/mol. The molecule has 166 valence electrons. The number of halogens is 1. The van der Waals surface area contributed by atoms with E-state index in [0.29, 0.717) is 6.04 Å². The second kappa shape index (κ2) is 8.87. The Labute approximate surface area is 196 Å². The molecule has 4 nitrogen and oxygen atoms in total. The summed E-state index contributed by atoms with van der Waals surface area (Å²) in [5, 5.41) is 1.31. The van der Waals surface area contributed by atoms with Gasteiger partial charge >= 0.3 is 0 Å². The van der Waals surface area contributed by atoms with E-state index >= 15 is 0 Å². The van der Waals surface area contributed by atoms with Gasteiger partial charge < -0.3 is 14.6 Å². The first-order valence-corrected chi connectivity index (χ1v) is 11.0. The molecule has 3 heterocycles. The number of aromatic nitrogens is 2. The molecule has 0 amide bonds. The van der Waals surface area contributed by atoms with Gasteiger partial charge in [-0.05, 0) is 73.6 Å². The summed E-state index contributed by atoms with van der Waals surface area (Å²) < 4.78 is 5.31. The zero-order valence-corrected chi connectivity index (χ0v) is 19.9. The van der Waals surface area contributed by atoms with Crippen LogP contribution in [0.2, 0.25) is 0 Å². The van der Waals surface area contributed by atoms with Crippen molar-refractivity contribution >= 4 is 29.1 Å². The molecule has 5 rings (SSSR count). The zero-order valence-electron chi connectivity index (χ0n) is 19.1. The number of pyridine rings is 1. The van der Waals surface area contributed by atoms with E-state index in [0.717, 1.165) is 36.5 Å². The maximum atomic E-state index is 5.31. The summed E-state index contributed by atoms with van der Waals surface area (Å²) in [4.78, 5) is 11.1. The molecular formula is C27H30ClN3O. The SMILES string of the molecule is COc1ccc(Cc2cnc(N3CCc4ccccc4C3C)c3[nH]c(C)c(C)c23)cc1.Cl. The number of rotatable bonds is 4. The molecule has 32 heavy (non-hydrogen) atoms. The van der Waals surface area contributed by atoms with Gasteiger partial charge in [0.05, 0.1) is 18.7 Å². The molecule has 1 unspecified atom stereocenters. The normalized spacial score (nSPS) is 15.4. The topological polar surface area (TPSA) is 41.1 Å². The van der Waals surface area contributed by atoms with E-state index in [1.807, 2.05) is 12.1 Å². The van der Waals surface area contributed by atoms with Crippen molar-refractivity contribution in [2.75, 3.05) is 18.6 Å². The lowest BCUT2D eigenvalue weighted by molar-refractivity contribution is 0.414. The maximum absolute atomic E-state index is 5.31. The Hall–Kier alpha value is -2.98. The van der Waals surface area contributed by atoms with Gasteiger partial charge in [0.25, 0.3) is 0 Å². The standard InChI is InChI=1S/C27H29N3O.ClH/c1-17-18(2)29-26-25(17)22(15-20-9-11-23(31-4)12-10-20)16-28-27(26)30-14-13-21-7-5-6-8-24(21)19(30)3;/h5-12,16,19,29H,13-15H2,1-4H3;1H. The first-order valence-electron chi connectivity index (χ1n) is 11.0. The summed E-state index contributed by atoms with van der Waals surface area (Å²) in [6.07, 6.45) is 3.98. The fraction of sp³-hybridized carbons (Fsp3) is 0.296. The van der Waals surface area contributed by atoms with Gasteiger partial charge in [0.15, 0.2) is 5.82 Å². The summed E-state index contributed by atoms with van der Waals surface area (Å²) in [6, 6.07) is 17.4. The number of fused-ring (bicyclic) bond motifs is 2. The van der Waals surface area contributed by atoms with Gasteiger partial charge in [-0.2, -0.15) is 0 Å². The van der Waals surface area contributed by atoms with Crippen molar-refractivity contribution in [3.8, 4) is 5.75 Å². The minimum Gasteiger partial charge on any atom is -0.497 e. The molecule has 1 aliphatic rings. The van der Waals surface area contributed by atoms with Crippen molar-refractivity contribution in [3.05, 3.63) is 88.2 Å². The lowest BCUT2D eigenvalue weighted by atomic mass is 9.93. The van der Waals surface area contributed by atoms with Crippen LogP contribution in [0.5, 0.6) is 5.75 Å². The number of nitrogens with one attached hydrogen (secondary N) is 1. The highest BCUT2D eigenvalue weighted by Crippen LogP contribution is 2.38. The predicted molar refractivity (Wildman–Crippen MR) is 135 cm³/mol. The van der Waals surface area contributed by atoms with Crippen molar-refractivity contribution in [2.45, 2.75) is 39.7 Å². The van der Waals surface area contributed by atoms with Crippen molar-refractivity contribution in [1.82, 2.24) is 9.97 Å². The van der Waals surface area contributed by atoms with E-state index in [2.05, 4.69) is 73.3 Å². The molecule has 0 aliphatic carbocycles. The summed E-state index contributed by atoms with van der Waals surface area (Å²) in [5.41, 5.74) is 9.07. The Kier molecular flexibility index (Phi) is 6.16. The fourth-order valence-corrected chi connectivity index (χ4v) is 4.93. The van der Waals surface area contributed by atoms with E-state index in [9.17, 15) is 0 Å². The zero-order chi connectivity index (χ0) is 21.5. The Morgan fingerprint density at radius 2 is 1.84 bits per heavy atom. The molecule has 0 saturated carbocycles. The molecule has 1 N–H and O–H groups in total. The van der Waals surface area contributed by atoms with Crippen molar-refractivity contribution < 1.29 is 4.74 Å². The molecule has 0 spiro atoms. The Morgan fingerprint density at radius 3 is 2.59 bits per heavy atom. The first kappa shape index (κ1) is 22.2. The largest absolute Gasteiger partial charge is 0.497 e. The third-order valence-corrected chi connectivity index (χ3v) is 6.81. The molecule has 1 atom stereocenters. The smallest absolute Gasteiger partial charge is 0.153 e. The highest BCUT2D eigenvalue weighted by Gasteiger charge is 2.27. The number of benzene rings is 2. The maximum Gasteiger partial charge on any atom is 0.153 e. The van der Waals surface area contributed by atoms with Crippen LogP contribution in [0.3, 0.4) is 0 Å². The number of methoxy groups -OCH3 is 1. The van der Waals surface area contributed by atoms with Crippen molar-refractivity contribution in [2.24, 2.45) is 0 Å². The fourth-order valence-electron chi connectivity index (χ4n) is 4.93. The van der Waals surface area contributed by atoms with E-state index in [-0.39, 0.29) is 12.4 Å². The van der Waals surface area contributed by atoms with Crippen LogP contribution < -0.4 is 9.64 Å². The van der Waals surface area contributed by atoms with Gasteiger partial charge in [-0.1, -0.05) is 36.4 Å². The Balaban J connectivity index is 0.00000245. The molecule has 0 saturated heterocycles. The third-order valence-electron chi connectivity index (χ3n) is 6.81. The quantitative estimate of drug-likeness (QED) is 0.397. The van der Waals surface area contributed by atoms with Crippen LogP contribution in [0.1, 0.15) is 46.5 Å². The molecule has 2 aromatic carbocycles. The number of hydrogen-bond acceptors (Lipinski definition) is 3. The highest BCUT2D eigenvalue weighted by atomic mass is 35.5. The monoisotopic (exact) mass is 447 g/mol. The number of nitrogens with zero attached hydrogens (tertiary/aromatic N) is 2. The van der Waals surface area contributed by atoms with Crippen LogP contribution in [0, 0.1) is 13.8 Å². The number of H-pyrrole nitrogens is 1. The summed E-state index contributed by atoms with van der Waals surface area (Å²) >= 11 is 0. The molecule has 4 aromatic rings. The highest BCUT2D eigenvalue weighted by molar-refractivity contribution is 5.95. The van der Waals surface area contributed by atoms with Gasteiger partial charge in [0.2, 0.25) is 0 Å². The van der Waals surface area contributed by atoms with Crippen molar-refractivity contribution in [1.29, 1.82) is 0 Å². The molecule has 0 fully saturated rings. The van der Waals surface area contributed by atoms with Crippen LogP contribution in [0.25, 0.3) is 10.9 Å². The minimum absolute atomic E-state index is 0. The minimum atomic E-state index is 0. The first-order chi connectivity index (χ1) is 15.1. The van der Waals surface area contributed by atoms with Gasteiger partial charge in [-0.3, -0.25) is 0 Å². The Morgan fingerprint density at radius 1 is 1.09 bits per heavy atom. The molecule has 0 radical (unpaired) electrons. The average molecular weight is 448 g/mol. The molecule has 2 aromatic heterocycles. The summed E-state index contributed by atoms with van der Waals surface area (Å²) in [6.45, 7) is 7.64. The van der Waals surface area contributed by atoms with Gasteiger partial charge in [-0.25, -0.2) is 4.98 Å². The van der Waals surface area contributed by atoms with Crippen LogP contribution in [-0.4, -0.2) is 23.6 Å². The lowest BCUT2D eigenvalue weighted by Gasteiger charge is -2.36. The van der Waals surface area contributed by atoms with Gasteiger partial charge in [-0.15, -0.1) is 12.4 Å². The number of ether oxygens (including phenoxy) is 1. The third kappa shape index (κ3) is 3.73. The molecule has 5 heteroatoms. The lowest BCUT2D eigenvalue weighted by Crippen LogP contribution is -2.34. The predicted octanol–water partition coefficient (Wildman–Crippen LogP) is 6.32. The van der Waals surface area contributed by atoms with Crippen molar-refractivity contribution in [3.63, 3.8) is 0 Å². The van der Waals surface area contributed by atoms with E-state index in [4.69, 9.17) is 9.72 Å². The molecule has 0 bridgehead atoms. The number of anilines is 1. The van der Waals surface area contributed by atoms with E-state index in [1.165, 1.54) is 38.9 Å². The average Bonchev–Trinajstić information content (AvgIpc) is 3.10.